The molecule has 16 heavy (non-hydrogen) atoms. The number of aliphatic hydroxyl groups is 1. The largest absolute Gasteiger partial charge is 0.390 e. The van der Waals surface area contributed by atoms with Gasteiger partial charge in [-0.1, -0.05) is 20.8 Å². The third-order valence-corrected chi connectivity index (χ3v) is 4.03. The van der Waals surface area contributed by atoms with Crippen LogP contribution in [0.5, 0.6) is 0 Å². The van der Waals surface area contributed by atoms with Crippen molar-refractivity contribution in [2.24, 2.45) is 11.3 Å². The van der Waals surface area contributed by atoms with Crippen LogP contribution in [-0.4, -0.2) is 10.7 Å². The van der Waals surface area contributed by atoms with E-state index >= 15 is 0 Å². The van der Waals surface area contributed by atoms with Gasteiger partial charge in [-0.25, -0.2) is 0 Å². The summed E-state index contributed by atoms with van der Waals surface area (Å²) < 4.78 is 0. The highest BCUT2D eigenvalue weighted by atomic mass is 16.3. The molecular weight excluding hydrogens is 196 g/mol. The molecule has 0 unspecified atom stereocenters. The Kier molecular flexibility index (Phi) is 4.44. The van der Waals surface area contributed by atoms with Crippen LogP contribution in [0.4, 0.5) is 0 Å². The van der Waals surface area contributed by atoms with Crippen molar-refractivity contribution in [3.05, 3.63) is 0 Å². The molecule has 0 atom stereocenters. The lowest BCUT2D eigenvalue weighted by molar-refractivity contribution is -0.0301. The maximum Gasteiger partial charge on any atom is 0.0657 e. The van der Waals surface area contributed by atoms with Crippen LogP contribution in [0.25, 0.3) is 0 Å². The molecular formula is C15H26O. The van der Waals surface area contributed by atoms with Crippen molar-refractivity contribution in [3.8, 4) is 11.8 Å². The van der Waals surface area contributed by atoms with Crippen LogP contribution in [0.2, 0.25) is 0 Å². The van der Waals surface area contributed by atoms with Crippen molar-refractivity contribution in [1.82, 2.24) is 0 Å². The van der Waals surface area contributed by atoms with Crippen LogP contribution in [0.3, 0.4) is 0 Å². The summed E-state index contributed by atoms with van der Waals surface area (Å²) in [4.78, 5) is 0. The Bertz CT molecular complexity index is 266. The maximum atomic E-state index is 10.4. The molecule has 1 fully saturated rings. The zero-order valence-corrected chi connectivity index (χ0v) is 11.3. The minimum atomic E-state index is -0.425. The Morgan fingerprint density at radius 1 is 1.25 bits per heavy atom. The van der Waals surface area contributed by atoms with Crippen molar-refractivity contribution in [1.29, 1.82) is 0 Å². The van der Waals surface area contributed by atoms with Crippen molar-refractivity contribution < 1.29 is 5.11 Å². The van der Waals surface area contributed by atoms with Crippen LogP contribution in [0.1, 0.15) is 66.2 Å². The Morgan fingerprint density at radius 2 is 1.81 bits per heavy atom. The fourth-order valence-electron chi connectivity index (χ4n) is 2.69. The van der Waals surface area contributed by atoms with E-state index in [0.717, 1.165) is 31.6 Å². The maximum absolute atomic E-state index is 10.4. The molecule has 0 aliphatic heterocycles. The van der Waals surface area contributed by atoms with Crippen molar-refractivity contribution in [2.75, 3.05) is 0 Å². The lowest BCUT2D eigenvalue weighted by Gasteiger charge is -2.41. The van der Waals surface area contributed by atoms with Gasteiger partial charge in [-0.3, -0.25) is 0 Å². The van der Waals surface area contributed by atoms with E-state index in [0.29, 0.717) is 5.41 Å². The minimum Gasteiger partial charge on any atom is -0.390 e. The molecule has 1 aliphatic carbocycles. The summed E-state index contributed by atoms with van der Waals surface area (Å²) in [5, 5.41) is 10.4. The second-order valence-corrected chi connectivity index (χ2v) is 6.29. The van der Waals surface area contributed by atoms with Crippen LogP contribution < -0.4 is 0 Å². The first-order chi connectivity index (χ1) is 7.37. The summed E-state index contributed by atoms with van der Waals surface area (Å²) in [7, 11) is 0. The smallest absolute Gasteiger partial charge is 0.0657 e. The van der Waals surface area contributed by atoms with E-state index in [1.165, 1.54) is 12.8 Å². The molecule has 92 valence electrons. The van der Waals surface area contributed by atoms with Gasteiger partial charge < -0.3 is 5.11 Å². The van der Waals surface area contributed by atoms with Gasteiger partial charge in [0.25, 0.3) is 0 Å². The molecule has 0 heterocycles. The van der Waals surface area contributed by atoms with E-state index in [9.17, 15) is 5.11 Å². The Labute approximate surface area is 101 Å². The molecule has 1 nitrogen and oxygen atoms in total. The highest BCUT2D eigenvalue weighted by Gasteiger charge is 2.36. The van der Waals surface area contributed by atoms with E-state index in [1.54, 1.807) is 0 Å². The molecule has 0 amide bonds. The van der Waals surface area contributed by atoms with Crippen molar-refractivity contribution >= 4 is 0 Å². The summed E-state index contributed by atoms with van der Waals surface area (Å²) in [6.07, 6.45) is 5.94. The molecule has 0 bridgehead atoms. The van der Waals surface area contributed by atoms with Crippen molar-refractivity contribution in [3.63, 3.8) is 0 Å². The average molecular weight is 222 g/mol. The highest BCUT2D eigenvalue weighted by Crippen LogP contribution is 2.42. The van der Waals surface area contributed by atoms with Crippen LogP contribution in [0.15, 0.2) is 0 Å². The van der Waals surface area contributed by atoms with Crippen LogP contribution in [0, 0.1) is 23.2 Å². The molecule has 1 rings (SSSR count). The molecule has 0 radical (unpaired) electrons. The number of hydrogen-bond donors (Lipinski definition) is 1. The lowest BCUT2D eigenvalue weighted by atomic mass is 9.67. The van der Waals surface area contributed by atoms with Crippen LogP contribution >= 0.6 is 0 Å². The summed E-state index contributed by atoms with van der Waals surface area (Å²) >= 11 is 0. The molecule has 0 aromatic heterocycles. The zero-order valence-electron chi connectivity index (χ0n) is 11.3. The summed E-state index contributed by atoms with van der Waals surface area (Å²) in [6, 6.07) is 0. The van der Waals surface area contributed by atoms with Gasteiger partial charge in [0.2, 0.25) is 0 Å². The predicted octanol–water partition coefficient (Wildman–Crippen LogP) is 3.76. The number of rotatable bonds is 2. The molecule has 1 heteroatoms. The Hall–Kier alpha value is -0.480. The van der Waals surface area contributed by atoms with Gasteiger partial charge in [0.1, 0.15) is 0 Å². The molecule has 1 N–H and O–H groups in total. The fraction of sp³-hybridized carbons (Fsp3) is 0.867. The second kappa shape index (κ2) is 5.23. The summed E-state index contributed by atoms with van der Waals surface area (Å²) in [5.41, 5.74) is -0.0316. The highest BCUT2D eigenvalue weighted by molar-refractivity contribution is 4.98. The van der Waals surface area contributed by atoms with Crippen LogP contribution in [-0.2, 0) is 0 Å². The fourth-order valence-corrected chi connectivity index (χ4v) is 2.69. The molecule has 0 spiro atoms. The topological polar surface area (TPSA) is 20.2 Å². The second-order valence-electron chi connectivity index (χ2n) is 6.29. The third-order valence-electron chi connectivity index (χ3n) is 4.03. The van der Waals surface area contributed by atoms with Gasteiger partial charge >= 0.3 is 0 Å². The lowest BCUT2D eigenvalue weighted by Crippen LogP contribution is -2.37. The monoisotopic (exact) mass is 222 g/mol. The Balaban J connectivity index is 2.43. The van der Waals surface area contributed by atoms with Gasteiger partial charge in [-0.05, 0) is 50.4 Å². The zero-order chi connectivity index (χ0) is 12.2. The van der Waals surface area contributed by atoms with Gasteiger partial charge in [0.15, 0.2) is 0 Å². The third kappa shape index (κ3) is 3.83. The first kappa shape index (κ1) is 13.6. The standard InChI is InChI=1S/C15H26O/c1-5-6-7-10-15(16)11-8-13(9-12-15)14(2,3)4/h13,16H,7-12H2,1-4H3. The molecule has 1 aliphatic rings. The minimum absolute atomic E-state index is 0.393. The first-order valence-corrected chi connectivity index (χ1v) is 6.49. The van der Waals surface area contributed by atoms with Gasteiger partial charge in [-0.2, -0.15) is 0 Å². The first-order valence-electron chi connectivity index (χ1n) is 6.49. The quantitative estimate of drug-likeness (QED) is 0.705. The van der Waals surface area contributed by atoms with Gasteiger partial charge in [0, 0.05) is 6.42 Å². The van der Waals surface area contributed by atoms with Crippen molar-refractivity contribution in [2.45, 2.75) is 71.8 Å². The van der Waals surface area contributed by atoms with Gasteiger partial charge in [-0.15, -0.1) is 11.8 Å². The van der Waals surface area contributed by atoms with E-state index in [-0.39, 0.29) is 0 Å². The Morgan fingerprint density at radius 3 is 2.25 bits per heavy atom. The van der Waals surface area contributed by atoms with E-state index in [4.69, 9.17) is 0 Å². The average Bonchev–Trinajstić information content (AvgIpc) is 2.17. The SMILES string of the molecule is CC#CCCC1(O)CCC(C(C)(C)C)CC1. The van der Waals surface area contributed by atoms with E-state index in [2.05, 4.69) is 32.6 Å². The summed E-state index contributed by atoms with van der Waals surface area (Å²) in [6.45, 7) is 8.79. The normalized spacial score (nSPS) is 30.7. The molecule has 0 saturated heterocycles. The molecule has 0 aromatic carbocycles. The number of hydrogen-bond acceptors (Lipinski definition) is 1. The molecule has 1 saturated carbocycles. The van der Waals surface area contributed by atoms with E-state index < -0.39 is 5.60 Å². The molecule has 0 aromatic rings. The van der Waals surface area contributed by atoms with E-state index in [1.807, 2.05) is 6.92 Å². The predicted molar refractivity (Wildman–Crippen MR) is 69.0 cm³/mol. The summed E-state index contributed by atoms with van der Waals surface area (Å²) in [5.74, 6) is 6.72. The van der Waals surface area contributed by atoms with Gasteiger partial charge in [0.05, 0.1) is 5.60 Å².